The maximum absolute atomic E-state index is 5.81. The van der Waals surface area contributed by atoms with Gasteiger partial charge in [0.25, 0.3) is 0 Å². The van der Waals surface area contributed by atoms with E-state index in [0.717, 1.165) is 11.3 Å². The molecule has 2 N–H and O–H groups in total. The maximum Gasteiger partial charge on any atom is 0.122 e. The van der Waals surface area contributed by atoms with Crippen LogP contribution < -0.4 is 10.5 Å². The lowest BCUT2D eigenvalue weighted by atomic mass is 10.1. The second kappa shape index (κ2) is 6.85. The van der Waals surface area contributed by atoms with Gasteiger partial charge in [-0.2, -0.15) is 0 Å². The van der Waals surface area contributed by atoms with Gasteiger partial charge in [0.1, 0.15) is 5.75 Å². The second-order valence-corrected chi connectivity index (χ2v) is 3.35. The summed E-state index contributed by atoms with van der Waals surface area (Å²) in [6.07, 6.45) is 0.605. The van der Waals surface area contributed by atoms with Gasteiger partial charge in [0.05, 0.1) is 26.1 Å². The summed E-state index contributed by atoms with van der Waals surface area (Å²) in [7, 11) is 3.29. The van der Waals surface area contributed by atoms with Crippen LogP contribution in [0.5, 0.6) is 5.75 Å². The fourth-order valence-electron chi connectivity index (χ4n) is 1.38. The number of amidine groups is 1. The molecule has 0 aliphatic carbocycles. The van der Waals surface area contributed by atoms with Crippen molar-refractivity contribution in [2.24, 2.45) is 10.7 Å². The van der Waals surface area contributed by atoms with Gasteiger partial charge >= 0.3 is 0 Å². The van der Waals surface area contributed by atoms with Crippen molar-refractivity contribution in [1.82, 2.24) is 0 Å². The van der Waals surface area contributed by atoms with Crippen molar-refractivity contribution in [2.45, 2.75) is 6.42 Å². The van der Waals surface area contributed by atoms with Crippen molar-refractivity contribution < 1.29 is 9.47 Å². The first-order valence-corrected chi connectivity index (χ1v) is 5.17. The van der Waals surface area contributed by atoms with Crippen molar-refractivity contribution in [3.05, 3.63) is 29.8 Å². The normalized spacial score (nSPS) is 11.5. The van der Waals surface area contributed by atoms with Gasteiger partial charge in [-0.25, -0.2) is 0 Å². The van der Waals surface area contributed by atoms with Gasteiger partial charge in [-0.05, 0) is 6.07 Å². The van der Waals surface area contributed by atoms with E-state index in [1.165, 1.54) is 0 Å². The summed E-state index contributed by atoms with van der Waals surface area (Å²) in [5, 5.41) is 0. The first-order chi connectivity index (χ1) is 7.77. The van der Waals surface area contributed by atoms with E-state index in [1.54, 1.807) is 14.2 Å². The van der Waals surface area contributed by atoms with E-state index in [1.807, 2.05) is 24.3 Å². The first-order valence-electron chi connectivity index (χ1n) is 5.17. The highest BCUT2D eigenvalue weighted by atomic mass is 16.5. The van der Waals surface area contributed by atoms with Crippen LogP contribution in [0.4, 0.5) is 0 Å². The van der Waals surface area contributed by atoms with Crippen molar-refractivity contribution in [3.8, 4) is 5.75 Å². The fourth-order valence-corrected chi connectivity index (χ4v) is 1.38. The SMILES string of the molecule is COCCN=C(N)Cc1ccccc1OC. The molecule has 0 unspecified atom stereocenters. The number of ether oxygens (including phenoxy) is 2. The van der Waals surface area contributed by atoms with E-state index in [-0.39, 0.29) is 0 Å². The molecule has 0 spiro atoms. The molecule has 0 atom stereocenters. The van der Waals surface area contributed by atoms with Gasteiger partial charge in [-0.15, -0.1) is 0 Å². The Kier molecular flexibility index (Phi) is 5.36. The predicted molar refractivity (Wildman–Crippen MR) is 65.1 cm³/mol. The van der Waals surface area contributed by atoms with Crippen LogP contribution in [-0.4, -0.2) is 33.2 Å². The Labute approximate surface area is 96.1 Å². The number of nitrogens with zero attached hydrogens (tertiary/aromatic N) is 1. The van der Waals surface area contributed by atoms with Gasteiger partial charge in [-0.3, -0.25) is 4.99 Å². The third kappa shape index (κ3) is 3.90. The van der Waals surface area contributed by atoms with E-state index < -0.39 is 0 Å². The second-order valence-electron chi connectivity index (χ2n) is 3.35. The fraction of sp³-hybridized carbons (Fsp3) is 0.417. The van der Waals surface area contributed by atoms with Crippen molar-refractivity contribution in [1.29, 1.82) is 0 Å². The first kappa shape index (κ1) is 12.5. The van der Waals surface area contributed by atoms with Crippen LogP contribution in [0.25, 0.3) is 0 Å². The van der Waals surface area contributed by atoms with Gasteiger partial charge in [0, 0.05) is 19.1 Å². The minimum absolute atomic E-state index is 0.590. The minimum Gasteiger partial charge on any atom is -0.496 e. The molecule has 16 heavy (non-hydrogen) atoms. The summed E-state index contributed by atoms with van der Waals surface area (Å²) in [6.45, 7) is 1.18. The number of methoxy groups -OCH3 is 2. The van der Waals surface area contributed by atoms with Gasteiger partial charge in [0.2, 0.25) is 0 Å². The average molecular weight is 222 g/mol. The van der Waals surface area contributed by atoms with Crippen molar-refractivity contribution >= 4 is 5.84 Å². The molecule has 1 aromatic rings. The summed E-state index contributed by atoms with van der Waals surface area (Å²) in [6, 6.07) is 7.79. The maximum atomic E-state index is 5.81. The van der Waals surface area contributed by atoms with Crippen LogP contribution in [-0.2, 0) is 11.2 Å². The third-order valence-electron chi connectivity index (χ3n) is 2.17. The molecule has 0 heterocycles. The van der Waals surface area contributed by atoms with E-state index in [0.29, 0.717) is 25.4 Å². The zero-order valence-corrected chi connectivity index (χ0v) is 9.77. The molecule has 0 saturated heterocycles. The van der Waals surface area contributed by atoms with Gasteiger partial charge in [-0.1, -0.05) is 18.2 Å². The standard InChI is InChI=1S/C12H18N2O2/c1-15-8-7-14-12(13)9-10-5-3-4-6-11(10)16-2/h3-6H,7-9H2,1-2H3,(H2,13,14). The Hall–Kier alpha value is -1.55. The molecule has 88 valence electrons. The van der Waals surface area contributed by atoms with E-state index in [9.17, 15) is 0 Å². The predicted octanol–water partition coefficient (Wildman–Crippen LogP) is 1.24. The number of hydrogen-bond acceptors (Lipinski definition) is 3. The molecule has 1 aromatic carbocycles. The molecule has 0 bridgehead atoms. The lowest BCUT2D eigenvalue weighted by Crippen LogP contribution is -2.16. The number of rotatable bonds is 6. The van der Waals surface area contributed by atoms with Crippen LogP contribution in [0, 0.1) is 0 Å². The third-order valence-corrected chi connectivity index (χ3v) is 2.17. The molecule has 0 aromatic heterocycles. The Balaban J connectivity index is 2.61. The minimum atomic E-state index is 0.590. The molecular formula is C12H18N2O2. The molecule has 0 saturated carbocycles. The summed E-state index contributed by atoms with van der Waals surface area (Å²) in [5.74, 6) is 1.44. The highest BCUT2D eigenvalue weighted by Gasteiger charge is 2.03. The number of benzene rings is 1. The van der Waals surface area contributed by atoms with E-state index in [4.69, 9.17) is 15.2 Å². The largest absolute Gasteiger partial charge is 0.496 e. The zero-order chi connectivity index (χ0) is 11.8. The molecule has 0 fully saturated rings. The molecular weight excluding hydrogens is 204 g/mol. The van der Waals surface area contributed by atoms with E-state index >= 15 is 0 Å². The highest BCUT2D eigenvalue weighted by molar-refractivity contribution is 5.83. The number of para-hydroxylation sites is 1. The monoisotopic (exact) mass is 222 g/mol. The van der Waals surface area contributed by atoms with E-state index in [2.05, 4.69) is 4.99 Å². The van der Waals surface area contributed by atoms with Crippen LogP contribution >= 0.6 is 0 Å². The van der Waals surface area contributed by atoms with Crippen molar-refractivity contribution in [2.75, 3.05) is 27.4 Å². The van der Waals surface area contributed by atoms with Crippen LogP contribution in [0.1, 0.15) is 5.56 Å². The Bertz CT molecular complexity index is 351. The summed E-state index contributed by atoms with van der Waals surface area (Å²) < 4.78 is 10.1. The molecule has 4 nitrogen and oxygen atoms in total. The highest BCUT2D eigenvalue weighted by Crippen LogP contribution is 2.17. The molecule has 0 radical (unpaired) electrons. The number of aliphatic imine (C=N–C) groups is 1. The van der Waals surface area contributed by atoms with Crippen LogP contribution in [0.2, 0.25) is 0 Å². The lowest BCUT2D eigenvalue weighted by Gasteiger charge is -2.07. The average Bonchev–Trinajstić information content (AvgIpc) is 2.30. The molecule has 0 aliphatic rings. The number of nitrogens with two attached hydrogens (primary N) is 1. The smallest absolute Gasteiger partial charge is 0.122 e. The lowest BCUT2D eigenvalue weighted by molar-refractivity contribution is 0.208. The molecule has 1 rings (SSSR count). The Morgan fingerprint density at radius 3 is 2.75 bits per heavy atom. The Morgan fingerprint density at radius 1 is 1.31 bits per heavy atom. The molecule has 4 heteroatoms. The Morgan fingerprint density at radius 2 is 2.06 bits per heavy atom. The summed E-state index contributed by atoms with van der Waals surface area (Å²) in [5.41, 5.74) is 6.85. The van der Waals surface area contributed by atoms with Crippen LogP contribution in [0.3, 0.4) is 0 Å². The number of hydrogen-bond donors (Lipinski definition) is 1. The summed E-state index contributed by atoms with van der Waals surface area (Å²) in [4.78, 5) is 4.20. The topological polar surface area (TPSA) is 56.8 Å². The quantitative estimate of drug-likeness (QED) is 0.447. The summed E-state index contributed by atoms with van der Waals surface area (Å²) >= 11 is 0. The zero-order valence-electron chi connectivity index (χ0n) is 9.77. The van der Waals surface area contributed by atoms with Crippen LogP contribution in [0.15, 0.2) is 29.3 Å². The van der Waals surface area contributed by atoms with Gasteiger partial charge in [0.15, 0.2) is 0 Å². The van der Waals surface area contributed by atoms with Crippen molar-refractivity contribution in [3.63, 3.8) is 0 Å². The molecule has 0 aliphatic heterocycles. The molecule has 0 amide bonds. The van der Waals surface area contributed by atoms with Gasteiger partial charge < -0.3 is 15.2 Å².